The van der Waals surface area contributed by atoms with Gasteiger partial charge in [-0.15, -0.1) is 0 Å². The maximum Gasteiger partial charge on any atom is 0.134 e. The molecular formula is C12H10NO. The highest BCUT2D eigenvalue weighted by atomic mass is 16.1. The van der Waals surface area contributed by atoms with E-state index in [1.807, 2.05) is 24.3 Å². The molecule has 0 saturated carbocycles. The van der Waals surface area contributed by atoms with Crippen LogP contribution >= 0.6 is 0 Å². The summed E-state index contributed by atoms with van der Waals surface area (Å²) < 4.78 is 0. The van der Waals surface area contributed by atoms with Crippen LogP contribution in [0.3, 0.4) is 0 Å². The molecule has 2 aromatic rings. The van der Waals surface area contributed by atoms with E-state index in [-0.39, 0.29) is 5.78 Å². The second kappa shape index (κ2) is 3.58. The van der Waals surface area contributed by atoms with Gasteiger partial charge in [0.25, 0.3) is 0 Å². The first-order valence-corrected chi connectivity index (χ1v) is 4.50. The molecule has 69 valence electrons. The monoisotopic (exact) mass is 184 g/mol. The zero-order valence-corrected chi connectivity index (χ0v) is 7.95. The Morgan fingerprint density at radius 3 is 3.07 bits per heavy atom. The molecule has 0 unspecified atom stereocenters. The van der Waals surface area contributed by atoms with Gasteiger partial charge < -0.3 is 0 Å². The summed E-state index contributed by atoms with van der Waals surface area (Å²) in [5.74, 6) is 0.183. The second-order valence-electron chi connectivity index (χ2n) is 3.36. The molecule has 1 heterocycles. The largest absolute Gasteiger partial charge is 0.300 e. The van der Waals surface area contributed by atoms with E-state index in [0.29, 0.717) is 6.42 Å². The average molecular weight is 184 g/mol. The molecule has 0 fully saturated rings. The molecule has 0 atom stereocenters. The van der Waals surface area contributed by atoms with Crippen molar-refractivity contribution in [2.24, 2.45) is 0 Å². The van der Waals surface area contributed by atoms with Crippen LogP contribution in [0.25, 0.3) is 10.8 Å². The van der Waals surface area contributed by atoms with E-state index in [4.69, 9.17) is 0 Å². The Bertz CT molecular complexity index is 476. The summed E-state index contributed by atoms with van der Waals surface area (Å²) in [6.45, 7) is 1.60. The van der Waals surface area contributed by atoms with Crippen LogP contribution in [0.4, 0.5) is 0 Å². The normalized spacial score (nSPS) is 10.4. The Kier molecular flexibility index (Phi) is 2.27. The molecule has 0 aliphatic heterocycles. The molecule has 0 saturated heterocycles. The maximum atomic E-state index is 10.9. The first-order valence-electron chi connectivity index (χ1n) is 4.50. The molecular weight excluding hydrogens is 174 g/mol. The molecule has 14 heavy (non-hydrogen) atoms. The minimum atomic E-state index is 0.183. The summed E-state index contributed by atoms with van der Waals surface area (Å²) in [5, 5.41) is 2.07. The molecule has 0 aliphatic rings. The van der Waals surface area contributed by atoms with Gasteiger partial charge in [-0.1, -0.05) is 18.2 Å². The number of ketones is 1. The lowest BCUT2D eigenvalue weighted by molar-refractivity contribution is -0.116. The lowest BCUT2D eigenvalue weighted by Gasteiger charge is -2.00. The summed E-state index contributed by atoms with van der Waals surface area (Å²) in [6, 6.07) is 7.83. The first kappa shape index (κ1) is 8.88. The van der Waals surface area contributed by atoms with Gasteiger partial charge in [0.2, 0.25) is 0 Å². The smallest absolute Gasteiger partial charge is 0.134 e. The number of hydrogen-bond donors (Lipinski definition) is 0. The third-order valence-electron chi connectivity index (χ3n) is 2.08. The summed E-state index contributed by atoms with van der Waals surface area (Å²) in [7, 11) is 0. The van der Waals surface area contributed by atoms with E-state index in [1.54, 1.807) is 13.1 Å². The van der Waals surface area contributed by atoms with Gasteiger partial charge in [0, 0.05) is 18.0 Å². The van der Waals surface area contributed by atoms with Gasteiger partial charge in [-0.25, -0.2) is 0 Å². The molecule has 0 spiro atoms. The molecule has 1 radical (unpaired) electrons. The number of fused-ring (bicyclic) bond motifs is 1. The van der Waals surface area contributed by atoms with Crippen LogP contribution in [0.15, 0.2) is 30.5 Å². The number of carbonyl (C=O) groups is 1. The molecule has 0 bridgehead atoms. The van der Waals surface area contributed by atoms with Crippen molar-refractivity contribution in [3.05, 3.63) is 42.2 Å². The fraction of sp³-hybridized carbons (Fsp3) is 0.167. The maximum absolute atomic E-state index is 10.9. The third-order valence-corrected chi connectivity index (χ3v) is 2.08. The number of hydrogen-bond acceptors (Lipinski definition) is 2. The van der Waals surface area contributed by atoms with Crippen molar-refractivity contribution in [1.82, 2.24) is 4.98 Å². The van der Waals surface area contributed by atoms with E-state index in [0.717, 1.165) is 16.3 Å². The lowest BCUT2D eigenvalue weighted by Crippen LogP contribution is -1.95. The lowest BCUT2D eigenvalue weighted by atomic mass is 10.1. The number of nitrogens with zero attached hydrogens (tertiary/aromatic N) is 1. The van der Waals surface area contributed by atoms with Crippen LogP contribution in [0.2, 0.25) is 0 Å². The van der Waals surface area contributed by atoms with Gasteiger partial charge >= 0.3 is 0 Å². The van der Waals surface area contributed by atoms with Crippen molar-refractivity contribution in [3.63, 3.8) is 0 Å². The minimum Gasteiger partial charge on any atom is -0.300 e. The van der Waals surface area contributed by atoms with E-state index in [9.17, 15) is 4.79 Å². The number of rotatable bonds is 2. The molecule has 0 aliphatic carbocycles. The Labute approximate surface area is 82.6 Å². The summed E-state index contributed by atoms with van der Waals surface area (Å²) >= 11 is 0. The Balaban J connectivity index is 2.46. The summed E-state index contributed by atoms with van der Waals surface area (Å²) in [5.41, 5.74) is 1.05. The standard InChI is InChI=1S/C12H10NO/c1-9(14)6-10-2-3-12-8-13-5-4-11(12)7-10/h2-5,7H,6H2,1H3. The van der Waals surface area contributed by atoms with Crippen LogP contribution in [-0.2, 0) is 11.2 Å². The molecule has 1 aromatic carbocycles. The van der Waals surface area contributed by atoms with Gasteiger partial charge in [-0.05, 0) is 23.9 Å². The average Bonchev–Trinajstić information content (AvgIpc) is 2.17. The number of pyridine rings is 1. The number of Topliss-reactive ketones (excluding diaryl/α,β-unsaturated/α-hetero) is 1. The van der Waals surface area contributed by atoms with Gasteiger partial charge in [0.05, 0.1) is 6.20 Å². The zero-order valence-electron chi connectivity index (χ0n) is 7.95. The third kappa shape index (κ3) is 1.79. The van der Waals surface area contributed by atoms with Crippen molar-refractivity contribution in [2.75, 3.05) is 0 Å². The highest BCUT2D eigenvalue weighted by molar-refractivity contribution is 5.84. The molecule has 2 heteroatoms. The molecule has 1 aromatic heterocycles. The second-order valence-corrected chi connectivity index (χ2v) is 3.36. The van der Waals surface area contributed by atoms with Gasteiger partial charge in [0.15, 0.2) is 0 Å². The molecule has 2 rings (SSSR count). The first-order chi connectivity index (χ1) is 6.75. The van der Waals surface area contributed by atoms with Crippen LogP contribution in [0.1, 0.15) is 12.5 Å². The Hall–Kier alpha value is -1.70. The highest BCUT2D eigenvalue weighted by Crippen LogP contribution is 2.14. The molecule has 2 nitrogen and oxygen atoms in total. The van der Waals surface area contributed by atoms with Crippen molar-refractivity contribution >= 4 is 16.6 Å². The molecule has 0 N–H and O–H groups in total. The SMILES string of the molecule is CC(=O)Cc1ccc2[c]nccc2c1. The molecule has 0 amide bonds. The fourth-order valence-electron chi connectivity index (χ4n) is 1.47. The summed E-state index contributed by atoms with van der Waals surface area (Å²) in [4.78, 5) is 14.8. The van der Waals surface area contributed by atoms with Crippen molar-refractivity contribution in [2.45, 2.75) is 13.3 Å². The van der Waals surface area contributed by atoms with E-state index >= 15 is 0 Å². The Morgan fingerprint density at radius 2 is 2.29 bits per heavy atom. The van der Waals surface area contributed by atoms with Crippen LogP contribution in [0.5, 0.6) is 0 Å². The summed E-state index contributed by atoms with van der Waals surface area (Å²) in [6.07, 6.45) is 5.10. The number of carbonyl (C=O) groups excluding carboxylic acids is 1. The van der Waals surface area contributed by atoms with Crippen molar-refractivity contribution in [3.8, 4) is 0 Å². The Morgan fingerprint density at radius 1 is 1.43 bits per heavy atom. The predicted octanol–water partition coefficient (Wildman–Crippen LogP) is 2.17. The zero-order chi connectivity index (χ0) is 9.97. The van der Waals surface area contributed by atoms with Crippen molar-refractivity contribution in [1.29, 1.82) is 0 Å². The van der Waals surface area contributed by atoms with Gasteiger partial charge in [-0.3, -0.25) is 9.78 Å². The highest BCUT2D eigenvalue weighted by Gasteiger charge is 1.99. The quantitative estimate of drug-likeness (QED) is 0.716. The van der Waals surface area contributed by atoms with Gasteiger partial charge in [-0.2, -0.15) is 0 Å². The van der Waals surface area contributed by atoms with Crippen molar-refractivity contribution < 1.29 is 4.79 Å². The predicted molar refractivity (Wildman–Crippen MR) is 55.0 cm³/mol. The fourth-order valence-corrected chi connectivity index (χ4v) is 1.47. The van der Waals surface area contributed by atoms with Crippen LogP contribution in [0, 0.1) is 6.20 Å². The van der Waals surface area contributed by atoms with Gasteiger partial charge in [0.1, 0.15) is 5.78 Å². The van der Waals surface area contributed by atoms with E-state index in [1.165, 1.54) is 0 Å². The van der Waals surface area contributed by atoms with Crippen LogP contribution < -0.4 is 0 Å². The number of aromatic nitrogens is 1. The van der Waals surface area contributed by atoms with E-state index < -0.39 is 0 Å². The van der Waals surface area contributed by atoms with E-state index in [2.05, 4.69) is 11.2 Å². The topological polar surface area (TPSA) is 30.0 Å². The minimum absolute atomic E-state index is 0.183. The number of benzene rings is 1. The van der Waals surface area contributed by atoms with Crippen LogP contribution in [-0.4, -0.2) is 10.8 Å².